The molecule has 0 saturated heterocycles. The molecular formula is C23H23Cl2N3O5S. The first kappa shape index (κ1) is 25.6. The Labute approximate surface area is 207 Å². The van der Waals surface area contributed by atoms with Crippen LogP contribution in [0.2, 0.25) is 10.0 Å². The third-order valence-electron chi connectivity index (χ3n) is 5.27. The number of sulfonamides is 1. The van der Waals surface area contributed by atoms with E-state index in [1.165, 1.54) is 24.3 Å². The molecule has 3 rings (SSSR count). The van der Waals surface area contributed by atoms with Gasteiger partial charge in [-0.3, -0.25) is 4.31 Å². The Hall–Kier alpha value is -3.01. The minimum atomic E-state index is -4.38. The maximum Gasteiger partial charge on any atom is 0.327 e. The number of nitrogens with zero attached hydrogens (tertiary/aromatic N) is 2. The average Bonchev–Trinajstić information content (AvgIpc) is 2.79. The molecular weight excluding hydrogens is 501 g/mol. The molecule has 34 heavy (non-hydrogen) atoms. The monoisotopic (exact) mass is 523 g/mol. The number of carbonyl (C=O) groups is 1. The zero-order chi connectivity index (χ0) is 25.0. The van der Waals surface area contributed by atoms with Crippen molar-refractivity contribution in [3.63, 3.8) is 0 Å². The summed E-state index contributed by atoms with van der Waals surface area (Å²) in [6, 6.07) is 12.2. The first-order valence-electron chi connectivity index (χ1n) is 10.3. The van der Waals surface area contributed by atoms with Crippen LogP contribution in [0.3, 0.4) is 0 Å². The number of hydrogen-bond acceptors (Lipinski definition) is 5. The molecule has 1 unspecified atom stereocenters. The highest BCUT2D eigenvalue weighted by Crippen LogP contribution is 2.33. The van der Waals surface area contributed by atoms with E-state index in [0.717, 1.165) is 9.69 Å². The van der Waals surface area contributed by atoms with Crippen molar-refractivity contribution < 1.29 is 23.5 Å². The van der Waals surface area contributed by atoms with Crippen molar-refractivity contribution >= 4 is 61.5 Å². The summed E-state index contributed by atoms with van der Waals surface area (Å²) >= 11 is 12.1. The standard InChI is InChI=1S/C23H23Cl2N3O5S/c1-2-3-4-21(23(29)30)28(34(32,33)20-12-17(24)11-18(25)13-20)19-8-7-14-5-6-15(22(26)27-31)9-16(14)10-19/h5-13,21,31H,2-4H2,1H3,(H2,26,27)(H,29,30). The van der Waals surface area contributed by atoms with E-state index in [4.69, 9.17) is 34.1 Å². The van der Waals surface area contributed by atoms with Gasteiger partial charge in [-0.15, -0.1) is 0 Å². The van der Waals surface area contributed by atoms with E-state index in [1.807, 2.05) is 6.92 Å². The van der Waals surface area contributed by atoms with Crippen molar-refractivity contribution in [3.8, 4) is 0 Å². The molecule has 180 valence electrons. The zero-order valence-electron chi connectivity index (χ0n) is 18.1. The number of anilines is 1. The summed E-state index contributed by atoms with van der Waals surface area (Å²) in [6.07, 6.45) is 1.28. The van der Waals surface area contributed by atoms with Gasteiger partial charge in [-0.05, 0) is 53.6 Å². The van der Waals surface area contributed by atoms with Crippen LogP contribution in [0.15, 0.2) is 64.6 Å². The molecule has 1 atom stereocenters. The molecule has 0 aliphatic rings. The first-order valence-corrected chi connectivity index (χ1v) is 12.5. The molecule has 0 heterocycles. The smallest absolute Gasteiger partial charge is 0.327 e. The highest BCUT2D eigenvalue weighted by atomic mass is 35.5. The molecule has 3 aromatic rings. The summed E-state index contributed by atoms with van der Waals surface area (Å²) in [7, 11) is -4.38. The third kappa shape index (κ3) is 5.38. The lowest BCUT2D eigenvalue weighted by Crippen LogP contribution is -2.45. The average molecular weight is 524 g/mol. The highest BCUT2D eigenvalue weighted by molar-refractivity contribution is 7.93. The second-order valence-electron chi connectivity index (χ2n) is 7.63. The molecule has 0 aliphatic heterocycles. The predicted octanol–water partition coefficient (Wildman–Crippen LogP) is 5.08. The fraction of sp³-hybridized carbons (Fsp3) is 0.217. The van der Waals surface area contributed by atoms with Crippen LogP contribution in [0, 0.1) is 0 Å². The molecule has 0 aromatic heterocycles. The van der Waals surface area contributed by atoms with Crippen molar-refractivity contribution in [2.45, 2.75) is 37.1 Å². The summed E-state index contributed by atoms with van der Waals surface area (Å²) in [4.78, 5) is 12.0. The van der Waals surface area contributed by atoms with E-state index in [9.17, 15) is 18.3 Å². The van der Waals surface area contributed by atoms with Crippen LogP contribution in [0.5, 0.6) is 0 Å². The van der Waals surface area contributed by atoms with Crippen LogP contribution in [-0.2, 0) is 14.8 Å². The quantitative estimate of drug-likeness (QED) is 0.155. The number of unbranched alkanes of at least 4 members (excludes halogenated alkanes) is 1. The largest absolute Gasteiger partial charge is 0.480 e. The molecule has 0 radical (unpaired) electrons. The second-order valence-corrected chi connectivity index (χ2v) is 10.3. The van der Waals surface area contributed by atoms with Gasteiger partial charge in [0.1, 0.15) is 6.04 Å². The van der Waals surface area contributed by atoms with E-state index >= 15 is 0 Å². The van der Waals surface area contributed by atoms with Gasteiger partial charge in [0.15, 0.2) is 5.84 Å². The van der Waals surface area contributed by atoms with E-state index in [1.54, 1.807) is 30.3 Å². The normalized spacial score (nSPS) is 13.1. The van der Waals surface area contributed by atoms with E-state index in [2.05, 4.69) is 5.16 Å². The maximum atomic E-state index is 13.8. The summed E-state index contributed by atoms with van der Waals surface area (Å²) in [6.45, 7) is 1.89. The second kappa shape index (κ2) is 10.5. The van der Waals surface area contributed by atoms with Crippen LogP contribution in [0.25, 0.3) is 10.8 Å². The van der Waals surface area contributed by atoms with E-state index in [-0.39, 0.29) is 32.9 Å². The van der Waals surface area contributed by atoms with Crippen LogP contribution < -0.4 is 10.0 Å². The van der Waals surface area contributed by atoms with E-state index in [0.29, 0.717) is 23.8 Å². The number of amidine groups is 1. The number of nitrogens with two attached hydrogens (primary N) is 1. The molecule has 0 amide bonds. The Bertz CT molecular complexity index is 1340. The third-order valence-corrected chi connectivity index (χ3v) is 7.52. The summed E-state index contributed by atoms with van der Waals surface area (Å²) < 4.78 is 28.4. The molecule has 0 aliphatic carbocycles. The zero-order valence-corrected chi connectivity index (χ0v) is 20.5. The number of carboxylic acid groups (broad SMARTS) is 1. The molecule has 11 heteroatoms. The highest BCUT2D eigenvalue weighted by Gasteiger charge is 2.36. The molecule has 8 nitrogen and oxygen atoms in total. The minimum absolute atomic E-state index is 0.0988. The Kier molecular flexibility index (Phi) is 7.91. The van der Waals surface area contributed by atoms with Crippen molar-refractivity contribution in [1.29, 1.82) is 0 Å². The van der Waals surface area contributed by atoms with Crippen molar-refractivity contribution in [3.05, 3.63) is 70.2 Å². The number of hydrogen-bond donors (Lipinski definition) is 3. The Morgan fingerprint density at radius 2 is 1.71 bits per heavy atom. The number of benzene rings is 3. The predicted molar refractivity (Wildman–Crippen MR) is 134 cm³/mol. The molecule has 4 N–H and O–H groups in total. The number of halogens is 2. The fourth-order valence-electron chi connectivity index (χ4n) is 3.60. The number of carboxylic acids is 1. The lowest BCUT2D eigenvalue weighted by molar-refractivity contribution is -0.138. The number of aliphatic carboxylic acids is 1. The van der Waals surface area contributed by atoms with Gasteiger partial charge < -0.3 is 16.0 Å². The topological polar surface area (TPSA) is 133 Å². The summed E-state index contributed by atoms with van der Waals surface area (Å²) in [5.74, 6) is -1.40. The van der Waals surface area contributed by atoms with Gasteiger partial charge in [-0.2, -0.15) is 0 Å². The lowest BCUT2D eigenvalue weighted by Gasteiger charge is -2.30. The van der Waals surface area contributed by atoms with Crippen LogP contribution in [0.1, 0.15) is 31.7 Å². The molecule has 0 fully saturated rings. The van der Waals surface area contributed by atoms with Crippen molar-refractivity contribution in [2.75, 3.05) is 4.31 Å². The summed E-state index contributed by atoms with van der Waals surface area (Å²) in [5.41, 5.74) is 6.25. The van der Waals surface area contributed by atoms with E-state index < -0.39 is 22.0 Å². The lowest BCUT2D eigenvalue weighted by atomic mass is 10.0. The van der Waals surface area contributed by atoms with Crippen LogP contribution >= 0.6 is 23.2 Å². The Morgan fingerprint density at radius 1 is 1.06 bits per heavy atom. The van der Waals surface area contributed by atoms with Gasteiger partial charge in [0.05, 0.1) is 10.6 Å². The fourth-order valence-corrected chi connectivity index (χ4v) is 5.96. The molecule has 0 saturated carbocycles. The SMILES string of the molecule is CCCCC(C(=O)O)N(c1ccc2ccc(C(N)=NO)cc2c1)S(=O)(=O)c1cc(Cl)cc(Cl)c1. The van der Waals surface area contributed by atoms with Crippen LogP contribution in [0.4, 0.5) is 5.69 Å². The van der Waals surface area contributed by atoms with Crippen molar-refractivity contribution in [1.82, 2.24) is 0 Å². The Morgan fingerprint density at radius 3 is 2.29 bits per heavy atom. The number of rotatable bonds is 9. The van der Waals surface area contributed by atoms with Gasteiger partial charge in [0.2, 0.25) is 0 Å². The van der Waals surface area contributed by atoms with Gasteiger partial charge >= 0.3 is 5.97 Å². The summed E-state index contributed by atoms with van der Waals surface area (Å²) in [5, 5.41) is 23.5. The molecule has 0 bridgehead atoms. The number of fused-ring (bicyclic) bond motifs is 1. The van der Waals surface area contributed by atoms with Gasteiger partial charge in [-0.25, -0.2) is 13.2 Å². The van der Waals surface area contributed by atoms with Crippen molar-refractivity contribution in [2.24, 2.45) is 10.9 Å². The minimum Gasteiger partial charge on any atom is -0.480 e. The van der Waals surface area contributed by atoms with Gasteiger partial charge in [-0.1, -0.05) is 66.3 Å². The van der Waals surface area contributed by atoms with Crippen LogP contribution in [-0.4, -0.2) is 36.6 Å². The molecule has 0 spiro atoms. The maximum absolute atomic E-state index is 13.8. The van der Waals surface area contributed by atoms with Gasteiger partial charge in [0.25, 0.3) is 10.0 Å². The van der Waals surface area contributed by atoms with Gasteiger partial charge in [0, 0.05) is 15.6 Å². The molecule has 3 aromatic carbocycles. The number of oxime groups is 1. The Balaban J connectivity index is 2.26. The first-order chi connectivity index (χ1) is 16.1.